The molecule has 2 aromatic heterocycles. The molecule has 28 heavy (non-hydrogen) atoms. The molecule has 0 fully saturated rings. The Balaban J connectivity index is 1.74. The maximum atomic E-state index is 12.2. The molecule has 2 rings (SSSR count). The Kier molecular flexibility index (Phi) is 11.4. The van der Waals surface area contributed by atoms with Crippen LogP contribution in [0.4, 0.5) is 0 Å². The van der Waals surface area contributed by atoms with E-state index in [1.807, 2.05) is 24.0 Å². The van der Waals surface area contributed by atoms with Crippen molar-refractivity contribution in [1.82, 2.24) is 9.55 Å². The van der Waals surface area contributed by atoms with Crippen LogP contribution in [-0.2, 0) is 12.3 Å². The molecule has 5 heteroatoms. The van der Waals surface area contributed by atoms with Gasteiger partial charge in [0.05, 0.1) is 11.1 Å². The van der Waals surface area contributed by atoms with Crippen LogP contribution in [0.15, 0.2) is 21.5 Å². The molecule has 2 aromatic rings. The number of unbranched alkanes of at least 4 members (excludes halogenated alkanes) is 10. The molecule has 0 atom stereocenters. The zero-order chi connectivity index (χ0) is 20.0. The Bertz CT molecular complexity index is 723. The number of fused-ring (bicyclic) bond motifs is 1. The highest BCUT2D eigenvalue weighted by molar-refractivity contribution is 7.98. The normalized spacial score (nSPS) is 11.5. The summed E-state index contributed by atoms with van der Waals surface area (Å²) in [7, 11) is 0. The van der Waals surface area contributed by atoms with Crippen molar-refractivity contribution in [3.05, 3.63) is 28.5 Å². The molecule has 0 aliphatic rings. The summed E-state index contributed by atoms with van der Waals surface area (Å²) >= 11 is 1.91. The van der Waals surface area contributed by atoms with Crippen molar-refractivity contribution in [3.8, 4) is 0 Å². The molecule has 0 aromatic carbocycles. The summed E-state index contributed by atoms with van der Waals surface area (Å²) in [6, 6.07) is 2.05. The van der Waals surface area contributed by atoms with Gasteiger partial charge >= 0.3 is 5.69 Å². The molecule has 0 saturated heterocycles. The molecular formula is C23H38N2O2S. The fraction of sp³-hybridized carbons (Fsp3) is 0.739. The van der Waals surface area contributed by atoms with Gasteiger partial charge in [-0.2, -0.15) is 16.7 Å². The van der Waals surface area contributed by atoms with Gasteiger partial charge in [0.15, 0.2) is 0 Å². The van der Waals surface area contributed by atoms with E-state index in [1.54, 1.807) is 4.57 Å². The summed E-state index contributed by atoms with van der Waals surface area (Å²) in [4.78, 5) is 16.3. The summed E-state index contributed by atoms with van der Waals surface area (Å²) in [5.41, 5.74) is 0.293. The largest absolute Gasteiger partial charge is 0.442 e. The van der Waals surface area contributed by atoms with Crippen molar-refractivity contribution in [2.45, 2.75) is 103 Å². The highest BCUT2D eigenvalue weighted by Gasteiger charge is 2.08. The first-order chi connectivity index (χ1) is 13.7. The average molecular weight is 407 g/mol. The van der Waals surface area contributed by atoms with Crippen LogP contribution in [-0.4, -0.2) is 15.3 Å². The molecular weight excluding hydrogens is 368 g/mol. The fourth-order valence-electron chi connectivity index (χ4n) is 3.45. The van der Waals surface area contributed by atoms with E-state index in [0.29, 0.717) is 5.71 Å². The number of hydrogen-bond acceptors (Lipinski definition) is 4. The van der Waals surface area contributed by atoms with Crippen LogP contribution in [0.5, 0.6) is 0 Å². The monoisotopic (exact) mass is 406 g/mol. The SMILES string of the molecule is CCCCCCCCSCc1cc2cn(CCCCCCCC)c(=O)nc2o1. The summed E-state index contributed by atoms with van der Waals surface area (Å²) in [5, 5.41) is 0.945. The van der Waals surface area contributed by atoms with Gasteiger partial charge < -0.3 is 4.42 Å². The van der Waals surface area contributed by atoms with Crippen LogP contribution in [0, 0.1) is 0 Å². The molecule has 0 N–H and O–H groups in total. The minimum absolute atomic E-state index is 0.193. The number of thioether (sulfide) groups is 1. The molecule has 2 heterocycles. The Labute approximate surface area is 174 Å². The lowest BCUT2D eigenvalue weighted by Gasteiger charge is -2.04. The number of furan rings is 1. The summed E-state index contributed by atoms with van der Waals surface area (Å²) < 4.78 is 7.53. The van der Waals surface area contributed by atoms with Gasteiger partial charge in [-0.1, -0.05) is 78.1 Å². The van der Waals surface area contributed by atoms with E-state index < -0.39 is 0 Å². The third kappa shape index (κ3) is 8.42. The summed E-state index contributed by atoms with van der Waals surface area (Å²) in [5.74, 6) is 2.95. The molecule has 0 aliphatic carbocycles. The topological polar surface area (TPSA) is 48.0 Å². The van der Waals surface area contributed by atoms with Crippen molar-refractivity contribution in [2.75, 3.05) is 5.75 Å². The van der Waals surface area contributed by atoms with Crippen LogP contribution in [0.25, 0.3) is 11.1 Å². The third-order valence-corrected chi connectivity index (χ3v) is 6.23. The molecule has 0 saturated carbocycles. The lowest BCUT2D eigenvalue weighted by atomic mass is 10.1. The van der Waals surface area contributed by atoms with Crippen LogP contribution in [0.2, 0.25) is 0 Å². The van der Waals surface area contributed by atoms with E-state index >= 15 is 0 Å². The zero-order valence-electron chi connectivity index (χ0n) is 17.9. The number of aromatic nitrogens is 2. The number of rotatable bonds is 16. The van der Waals surface area contributed by atoms with Crippen molar-refractivity contribution in [2.24, 2.45) is 0 Å². The minimum Gasteiger partial charge on any atom is -0.442 e. The van der Waals surface area contributed by atoms with Crippen LogP contribution < -0.4 is 5.69 Å². The molecule has 0 amide bonds. The van der Waals surface area contributed by atoms with Crippen molar-refractivity contribution in [1.29, 1.82) is 0 Å². The molecule has 4 nitrogen and oxygen atoms in total. The Hall–Kier alpha value is -1.23. The predicted octanol–water partition coefficient (Wildman–Crippen LogP) is 6.94. The van der Waals surface area contributed by atoms with Gasteiger partial charge in [0.2, 0.25) is 5.71 Å². The molecule has 0 aliphatic heterocycles. The first-order valence-corrected chi connectivity index (χ1v) is 12.5. The summed E-state index contributed by atoms with van der Waals surface area (Å²) in [6.07, 6.45) is 17.2. The molecule has 0 bridgehead atoms. The van der Waals surface area contributed by atoms with Crippen LogP contribution >= 0.6 is 11.8 Å². The third-order valence-electron chi connectivity index (χ3n) is 5.17. The second-order valence-corrected chi connectivity index (χ2v) is 8.88. The van der Waals surface area contributed by atoms with Gasteiger partial charge in [-0.25, -0.2) is 4.79 Å². The first-order valence-electron chi connectivity index (χ1n) is 11.3. The lowest BCUT2D eigenvalue weighted by molar-refractivity contribution is 0.535. The van der Waals surface area contributed by atoms with Gasteiger partial charge in [0.1, 0.15) is 5.76 Å². The minimum atomic E-state index is -0.193. The smallest absolute Gasteiger partial charge is 0.350 e. The van der Waals surface area contributed by atoms with Gasteiger partial charge in [0, 0.05) is 12.7 Å². The maximum Gasteiger partial charge on any atom is 0.350 e. The van der Waals surface area contributed by atoms with E-state index in [-0.39, 0.29) is 5.69 Å². The van der Waals surface area contributed by atoms with Crippen LogP contribution in [0.1, 0.15) is 96.7 Å². The summed E-state index contributed by atoms with van der Waals surface area (Å²) in [6.45, 7) is 5.23. The molecule has 158 valence electrons. The van der Waals surface area contributed by atoms with Crippen LogP contribution in [0.3, 0.4) is 0 Å². The number of aryl methyl sites for hydroxylation is 1. The Morgan fingerprint density at radius 2 is 1.57 bits per heavy atom. The van der Waals surface area contributed by atoms with Gasteiger partial charge in [-0.05, 0) is 24.7 Å². The zero-order valence-corrected chi connectivity index (χ0v) is 18.7. The second-order valence-electron chi connectivity index (χ2n) is 7.78. The van der Waals surface area contributed by atoms with Gasteiger partial charge in [-0.15, -0.1) is 0 Å². The molecule has 0 spiro atoms. The molecule has 0 unspecified atom stereocenters. The van der Waals surface area contributed by atoms with Gasteiger partial charge in [0.25, 0.3) is 0 Å². The first kappa shape index (κ1) is 23.1. The van der Waals surface area contributed by atoms with E-state index in [0.717, 1.165) is 29.9 Å². The highest BCUT2D eigenvalue weighted by atomic mass is 32.2. The van der Waals surface area contributed by atoms with E-state index in [4.69, 9.17) is 4.42 Å². The van der Waals surface area contributed by atoms with Gasteiger partial charge in [-0.3, -0.25) is 4.57 Å². The lowest BCUT2D eigenvalue weighted by Crippen LogP contribution is -2.22. The maximum absolute atomic E-state index is 12.2. The molecule has 0 radical (unpaired) electrons. The van der Waals surface area contributed by atoms with Crippen molar-refractivity contribution in [3.63, 3.8) is 0 Å². The fourth-order valence-corrected chi connectivity index (χ4v) is 4.35. The van der Waals surface area contributed by atoms with E-state index in [2.05, 4.69) is 18.8 Å². The Morgan fingerprint density at radius 1 is 0.929 bits per heavy atom. The second kappa shape index (κ2) is 13.9. The number of nitrogens with zero attached hydrogens (tertiary/aromatic N) is 2. The van der Waals surface area contributed by atoms with Crippen molar-refractivity contribution < 1.29 is 4.42 Å². The highest BCUT2D eigenvalue weighted by Crippen LogP contribution is 2.21. The van der Waals surface area contributed by atoms with E-state index in [1.165, 1.54) is 76.4 Å². The quantitative estimate of drug-likeness (QED) is 0.283. The Morgan fingerprint density at radius 3 is 2.29 bits per heavy atom. The van der Waals surface area contributed by atoms with Crippen molar-refractivity contribution >= 4 is 22.9 Å². The van der Waals surface area contributed by atoms with E-state index in [9.17, 15) is 4.79 Å². The standard InChI is InChI=1S/C23H38N2O2S/c1-3-5-7-9-11-13-15-25-18-20-17-21(27-22(20)24-23(25)26)19-28-16-14-12-10-8-6-4-2/h17-18H,3-16,19H2,1-2H3. The number of hydrogen-bond donors (Lipinski definition) is 0. The predicted molar refractivity (Wildman–Crippen MR) is 121 cm³/mol. The average Bonchev–Trinajstić information content (AvgIpc) is 3.08.